The fourth-order valence-electron chi connectivity index (χ4n) is 2.33. The summed E-state index contributed by atoms with van der Waals surface area (Å²) in [6.07, 6.45) is 0. The molecule has 0 heterocycles. The molecule has 0 fully saturated rings. The second kappa shape index (κ2) is 9.82. The smallest absolute Gasteiger partial charge is 0.323 e. The highest BCUT2D eigenvalue weighted by molar-refractivity contribution is 8.00. The molecule has 3 aromatic rings. The second-order valence-corrected chi connectivity index (χ2v) is 7.30. The van der Waals surface area contributed by atoms with Gasteiger partial charge in [-0.15, -0.1) is 11.8 Å². The van der Waals surface area contributed by atoms with Crippen molar-refractivity contribution in [2.45, 2.75) is 4.90 Å². The highest BCUT2D eigenvalue weighted by Gasteiger charge is 2.05. The van der Waals surface area contributed by atoms with Gasteiger partial charge in [-0.1, -0.05) is 29.8 Å². The van der Waals surface area contributed by atoms with Gasteiger partial charge in [0.15, 0.2) is 0 Å². The summed E-state index contributed by atoms with van der Waals surface area (Å²) in [5, 5.41) is 8.97. The average molecular weight is 412 g/mol. The number of carbonyl (C=O) groups excluding carboxylic acids is 2. The third-order valence-corrected chi connectivity index (χ3v) is 4.91. The molecule has 5 nitrogen and oxygen atoms in total. The van der Waals surface area contributed by atoms with Crippen molar-refractivity contribution in [3.63, 3.8) is 0 Å². The Morgan fingerprint density at radius 1 is 0.714 bits per heavy atom. The van der Waals surface area contributed by atoms with Gasteiger partial charge in [-0.2, -0.15) is 0 Å². The summed E-state index contributed by atoms with van der Waals surface area (Å²) in [7, 11) is 0. The number of rotatable bonds is 6. The molecular weight excluding hydrogens is 394 g/mol. The lowest BCUT2D eigenvalue weighted by Crippen LogP contribution is -2.19. The zero-order valence-electron chi connectivity index (χ0n) is 14.8. The van der Waals surface area contributed by atoms with Gasteiger partial charge in [0.05, 0.1) is 5.75 Å². The van der Waals surface area contributed by atoms with Crippen LogP contribution in [0.2, 0.25) is 5.02 Å². The molecule has 3 rings (SSSR count). The van der Waals surface area contributed by atoms with E-state index in [2.05, 4.69) is 16.0 Å². The van der Waals surface area contributed by atoms with Gasteiger partial charge in [0, 0.05) is 27.0 Å². The molecule has 0 unspecified atom stereocenters. The predicted molar refractivity (Wildman–Crippen MR) is 116 cm³/mol. The highest BCUT2D eigenvalue weighted by atomic mass is 35.5. The fourth-order valence-corrected chi connectivity index (χ4v) is 3.15. The number of amides is 3. The van der Waals surface area contributed by atoms with Crippen LogP contribution < -0.4 is 16.0 Å². The number of nitrogens with one attached hydrogen (secondary N) is 3. The molecular formula is C21H18ClN3O2S. The van der Waals surface area contributed by atoms with E-state index in [1.54, 1.807) is 36.4 Å². The monoisotopic (exact) mass is 411 g/mol. The van der Waals surface area contributed by atoms with Crippen molar-refractivity contribution >= 4 is 52.4 Å². The maximum Gasteiger partial charge on any atom is 0.323 e. The van der Waals surface area contributed by atoms with Gasteiger partial charge in [-0.25, -0.2) is 4.79 Å². The van der Waals surface area contributed by atoms with Crippen LogP contribution in [0, 0.1) is 0 Å². The van der Waals surface area contributed by atoms with Crippen LogP contribution in [0.1, 0.15) is 0 Å². The quantitative estimate of drug-likeness (QED) is 0.454. The van der Waals surface area contributed by atoms with Crippen LogP contribution in [0.15, 0.2) is 83.8 Å². The second-order valence-electron chi connectivity index (χ2n) is 5.81. The summed E-state index contributed by atoms with van der Waals surface area (Å²) in [5.41, 5.74) is 2.10. The molecule has 0 radical (unpaired) electrons. The molecule has 0 atom stereocenters. The van der Waals surface area contributed by atoms with E-state index in [1.807, 2.05) is 42.5 Å². The lowest BCUT2D eigenvalue weighted by Gasteiger charge is -2.08. The number of para-hydroxylation sites is 1. The first-order chi connectivity index (χ1) is 13.6. The van der Waals surface area contributed by atoms with Gasteiger partial charge in [0.1, 0.15) is 0 Å². The number of hydrogen-bond acceptors (Lipinski definition) is 3. The third-order valence-electron chi connectivity index (χ3n) is 3.64. The topological polar surface area (TPSA) is 70.2 Å². The molecule has 3 N–H and O–H groups in total. The lowest BCUT2D eigenvalue weighted by molar-refractivity contribution is -0.113. The van der Waals surface area contributed by atoms with Gasteiger partial charge in [-0.3, -0.25) is 4.79 Å². The number of anilines is 3. The molecule has 7 heteroatoms. The molecule has 0 bridgehead atoms. The van der Waals surface area contributed by atoms with E-state index in [-0.39, 0.29) is 17.7 Å². The Labute approximate surface area is 172 Å². The first-order valence-electron chi connectivity index (χ1n) is 8.50. The summed E-state index contributed by atoms with van der Waals surface area (Å²) in [6, 6.07) is 23.2. The van der Waals surface area contributed by atoms with Crippen LogP contribution in [0.3, 0.4) is 0 Å². The van der Waals surface area contributed by atoms with E-state index in [1.165, 1.54) is 11.8 Å². The molecule has 28 heavy (non-hydrogen) atoms. The van der Waals surface area contributed by atoms with Crippen LogP contribution in [-0.4, -0.2) is 17.7 Å². The van der Waals surface area contributed by atoms with E-state index in [9.17, 15) is 9.59 Å². The van der Waals surface area contributed by atoms with Crippen molar-refractivity contribution in [2.75, 3.05) is 21.7 Å². The van der Waals surface area contributed by atoms with Gasteiger partial charge >= 0.3 is 6.03 Å². The SMILES string of the molecule is O=C(CSc1ccc(NC(=O)Nc2ccccc2)cc1)Nc1ccc(Cl)cc1. The molecule has 142 valence electrons. The van der Waals surface area contributed by atoms with Crippen LogP contribution in [0.4, 0.5) is 21.9 Å². The normalized spacial score (nSPS) is 10.2. The molecule has 0 aliphatic rings. The minimum atomic E-state index is -0.311. The molecule has 0 aliphatic carbocycles. The van der Waals surface area contributed by atoms with Gasteiger partial charge < -0.3 is 16.0 Å². The van der Waals surface area contributed by atoms with E-state index in [0.29, 0.717) is 16.4 Å². The molecule has 0 saturated heterocycles. The Bertz CT molecular complexity index is 932. The number of thioether (sulfide) groups is 1. The molecule has 3 amide bonds. The zero-order valence-corrected chi connectivity index (χ0v) is 16.4. The van der Waals surface area contributed by atoms with Crippen LogP contribution >= 0.6 is 23.4 Å². The molecule has 3 aromatic carbocycles. The van der Waals surface area contributed by atoms with Gasteiger partial charge in [0.2, 0.25) is 5.91 Å². The van der Waals surface area contributed by atoms with E-state index in [4.69, 9.17) is 11.6 Å². The number of halogens is 1. The summed E-state index contributed by atoms with van der Waals surface area (Å²) in [6.45, 7) is 0. The number of benzene rings is 3. The summed E-state index contributed by atoms with van der Waals surface area (Å²) < 4.78 is 0. The third kappa shape index (κ3) is 6.33. The molecule has 0 saturated carbocycles. The minimum absolute atomic E-state index is 0.100. The van der Waals surface area contributed by atoms with E-state index in [0.717, 1.165) is 10.6 Å². The van der Waals surface area contributed by atoms with Crippen molar-refractivity contribution in [3.8, 4) is 0 Å². The zero-order chi connectivity index (χ0) is 19.8. The minimum Gasteiger partial charge on any atom is -0.325 e. The Kier molecular flexibility index (Phi) is 6.94. The number of carbonyl (C=O) groups is 2. The van der Waals surface area contributed by atoms with Crippen molar-refractivity contribution in [1.29, 1.82) is 0 Å². The van der Waals surface area contributed by atoms with Crippen molar-refractivity contribution in [3.05, 3.63) is 83.9 Å². The standard InChI is InChI=1S/C21H18ClN3O2S/c22-15-6-8-17(9-7-15)23-20(26)14-28-19-12-10-18(11-13-19)25-21(27)24-16-4-2-1-3-5-16/h1-13H,14H2,(H,23,26)(H2,24,25,27). The van der Waals surface area contributed by atoms with Crippen LogP contribution in [0.25, 0.3) is 0 Å². The van der Waals surface area contributed by atoms with Gasteiger partial charge in [-0.05, 0) is 60.7 Å². The summed E-state index contributed by atoms with van der Waals surface area (Å²) in [5.74, 6) is 0.181. The number of hydrogen-bond donors (Lipinski definition) is 3. The van der Waals surface area contributed by atoms with E-state index < -0.39 is 0 Å². The Morgan fingerprint density at radius 2 is 1.25 bits per heavy atom. The first-order valence-corrected chi connectivity index (χ1v) is 9.86. The average Bonchev–Trinajstić information content (AvgIpc) is 2.70. The largest absolute Gasteiger partial charge is 0.325 e. The molecule has 0 aliphatic heterocycles. The first kappa shape index (κ1) is 19.8. The van der Waals surface area contributed by atoms with Crippen molar-refractivity contribution in [1.82, 2.24) is 0 Å². The highest BCUT2D eigenvalue weighted by Crippen LogP contribution is 2.21. The van der Waals surface area contributed by atoms with Gasteiger partial charge in [0.25, 0.3) is 0 Å². The Hall–Kier alpha value is -2.96. The van der Waals surface area contributed by atoms with Crippen molar-refractivity contribution in [2.24, 2.45) is 0 Å². The number of urea groups is 1. The van der Waals surface area contributed by atoms with E-state index >= 15 is 0 Å². The van der Waals surface area contributed by atoms with Crippen molar-refractivity contribution < 1.29 is 9.59 Å². The van der Waals surface area contributed by atoms with Crippen LogP contribution in [-0.2, 0) is 4.79 Å². The fraction of sp³-hybridized carbons (Fsp3) is 0.0476. The molecule has 0 aromatic heterocycles. The summed E-state index contributed by atoms with van der Waals surface area (Å²) in [4.78, 5) is 24.9. The maximum absolute atomic E-state index is 12.0. The lowest BCUT2D eigenvalue weighted by atomic mass is 10.3. The Balaban J connectivity index is 1.45. The summed E-state index contributed by atoms with van der Waals surface area (Å²) >= 11 is 7.24. The predicted octanol–water partition coefficient (Wildman–Crippen LogP) is 5.71. The maximum atomic E-state index is 12.0. The van der Waals surface area contributed by atoms with Crippen LogP contribution in [0.5, 0.6) is 0 Å². The Morgan fingerprint density at radius 3 is 1.89 bits per heavy atom. The molecule has 0 spiro atoms.